The summed E-state index contributed by atoms with van der Waals surface area (Å²) in [4.78, 5) is 0. The summed E-state index contributed by atoms with van der Waals surface area (Å²) in [6.07, 6.45) is 0. The van der Waals surface area contributed by atoms with Crippen molar-refractivity contribution < 1.29 is 58.9 Å². The fourth-order valence-corrected chi connectivity index (χ4v) is 2.74. The Bertz CT molecular complexity index is 470. The molecular weight excluding hydrogens is 346 g/mol. The first-order chi connectivity index (χ1) is 7.53. The first-order valence-corrected chi connectivity index (χ1v) is 5.82. The largest absolute Gasteiger partial charge is 4.00 e. The van der Waals surface area contributed by atoms with Gasteiger partial charge in [-0.1, -0.05) is 32.0 Å². The summed E-state index contributed by atoms with van der Waals surface area (Å²) in [7, 11) is 0. The number of benzene rings is 1. The molecule has 0 spiro atoms. The van der Waals surface area contributed by atoms with Gasteiger partial charge in [-0.15, -0.1) is 5.56 Å². The van der Waals surface area contributed by atoms with E-state index in [9.17, 15) is 0 Å². The van der Waals surface area contributed by atoms with Crippen molar-refractivity contribution in [2.75, 3.05) is 0 Å². The third-order valence-corrected chi connectivity index (χ3v) is 3.49. The molecule has 0 heterocycles. The van der Waals surface area contributed by atoms with Gasteiger partial charge in [-0.25, -0.2) is 12.1 Å². The minimum absolute atomic E-state index is 0. The molecule has 2 rings (SSSR count). The molecule has 0 unspecified atom stereocenters. The summed E-state index contributed by atoms with van der Waals surface area (Å²) in [6.45, 7) is 9.01. The molecule has 0 aliphatic carbocycles. The number of halogens is 3. The number of hydrogen-bond donors (Lipinski definition) is 0. The van der Waals surface area contributed by atoms with Gasteiger partial charge in [0.15, 0.2) is 0 Å². The van der Waals surface area contributed by atoms with Crippen LogP contribution in [0.2, 0.25) is 0 Å². The van der Waals surface area contributed by atoms with Crippen molar-refractivity contribution in [2.24, 2.45) is 0 Å². The van der Waals surface area contributed by atoms with Crippen LogP contribution in [-0.4, -0.2) is 0 Å². The first kappa shape index (κ1) is 25.1. The van der Waals surface area contributed by atoms with E-state index in [1.54, 1.807) is 0 Å². The molecule has 0 saturated heterocycles. The van der Waals surface area contributed by atoms with Gasteiger partial charge in [-0.2, -0.15) is 12.1 Å². The monoisotopic (exact) mass is 364 g/mol. The molecule has 0 aliphatic heterocycles. The average Bonchev–Trinajstić information content (AvgIpc) is 2.69. The van der Waals surface area contributed by atoms with Crippen molar-refractivity contribution in [1.29, 1.82) is 0 Å². The molecule has 0 N–H and O–H groups in total. The topological polar surface area (TPSA) is 0 Å². The molecule has 20 heavy (non-hydrogen) atoms. The van der Waals surface area contributed by atoms with Gasteiger partial charge < -0.3 is 37.2 Å². The second kappa shape index (κ2) is 9.98. The van der Waals surface area contributed by atoms with Gasteiger partial charge in [-0.3, -0.25) is 0 Å². The van der Waals surface area contributed by atoms with Crippen molar-refractivity contribution in [2.45, 2.75) is 33.1 Å². The zero-order valence-corrected chi connectivity index (χ0v) is 16.0. The van der Waals surface area contributed by atoms with Crippen LogP contribution in [0.25, 0.3) is 0 Å². The minimum atomic E-state index is 0. The predicted molar refractivity (Wildman–Crippen MR) is 70.1 cm³/mol. The summed E-state index contributed by atoms with van der Waals surface area (Å²) >= 11 is 0. The smallest absolute Gasteiger partial charge is 1.00 e. The van der Waals surface area contributed by atoms with Crippen LogP contribution in [0.5, 0.6) is 0 Å². The molecule has 2 aromatic rings. The van der Waals surface area contributed by atoms with Gasteiger partial charge in [0, 0.05) is 0 Å². The van der Waals surface area contributed by atoms with Crippen LogP contribution in [0.4, 0.5) is 0 Å². The summed E-state index contributed by atoms with van der Waals surface area (Å²) in [5, 5.41) is 0. The molecule has 4 heteroatoms. The molecule has 108 valence electrons. The Morgan fingerprint density at radius 2 is 1.20 bits per heavy atom. The Morgan fingerprint density at radius 3 is 1.60 bits per heavy atom. The SMILES string of the molecule is Cc1cccc(C)c1C(C)(C)[c-]1cccc1.[Cl-].[Cl-].[Cl-].[Ti+4]. The molecule has 0 aromatic heterocycles. The maximum atomic E-state index is 2.30. The minimum Gasteiger partial charge on any atom is -1.00 e. The fourth-order valence-electron chi connectivity index (χ4n) is 2.74. The van der Waals surface area contributed by atoms with E-state index in [-0.39, 0.29) is 64.4 Å². The molecule has 0 bridgehead atoms. The average molecular weight is 366 g/mol. The zero-order valence-electron chi connectivity index (χ0n) is 12.2. The summed E-state index contributed by atoms with van der Waals surface area (Å²) in [5.74, 6) is 0. The summed E-state index contributed by atoms with van der Waals surface area (Å²) < 4.78 is 0. The van der Waals surface area contributed by atoms with Gasteiger partial charge in [0.05, 0.1) is 0 Å². The van der Waals surface area contributed by atoms with Gasteiger partial charge >= 0.3 is 21.7 Å². The molecule has 0 radical (unpaired) electrons. The van der Waals surface area contributed by atoms with E-state index in [1.165, 1.54) is 22.3 Å². The molecule has 0 fully saturated rings. The quantitative estimate of drug-likeness (QED) is 0.371. The second-order valence-corrected chi connectivity index (χ2v) is 5.07. The maximum absolute atomic E-state index is 2.30. The van der Waals surface area contributed by atoms with E-state index in [0.29, 0.717) is 0 Å². The van der Waals surface area contributed by atoms with E-state index in [4.69, 9.17) is 0 Å². The number of aryl methyl sites for hydroxylation is 2. The molecule has 2 aromatic carbocycles. The Hall–Kier alpha value is 0.154. The van der Waals surface area contributed by atoms with E-state index >= 15 is 0 Å². The van der Waals surface area contributed by atoms with Crippen LogP contribution in [0.1, 0.15) is 36.1 Å². The van der Waals surface area contributed by atoms with Crippen molar-refractivity contribution in [3.05, 3.63) is 64.7 Å². The van der Waals surface area contributed by atoms with Gasteiger partial charge in [0.1, 0.15) is 0 Å². The molecule has 0 saturated carbocycles. The number of rotatable bonds is 2. The molecular formula is C16H19Cl3Ti. The first-order valence-electron chi connectivity index (χ1n) is 5.82. The van der Waals surface area contributed by atoms with Crippen LogP contribution in [0.15, 0.2) is 42.5 Å². The van der Waals surface area contributed by atoms with Crippen molar-refractivity contribution in [1.82, 2.24) is 0 Å². The van der Waals surface area contributed by atoms with Crippen LogP contribution >= 0.6 is 0 Å². The Morgan fingerprint density at radius 1 is 0.800 bits per heavy atom. The third-order valence-electron chi connectivity index (χ3n) is 3.49. The van der Waals surface area contributed by atoms with Crippen LogP contribution in [0.3, 0.4) is 0 Å². The van der Waals surface area contributed by atoms with Crippen LogP contribution in [0, 0.1) is 13.8 Å². The van der Waals surface area contributed by atoms with E-state index in [0.717, 1.165) is 0 Å². The van der Waals surface area contributed by atoms with Gasteiger partial charge in [-0.05, 0) is 36.0 Å². The molecule has 0 amide bonds. The van der Waals surface area contributed by atoms with Crippen LogP contribution < -0.4 is 37.2 Å². The van der Waals surface area contributed by atoms with Crippen molar-refractivity contribution >= 4 is 0 Å². The Labute approximate surface area is 156 Å². The zero-order chi connectivity index (χ0) is 11.8. The molecule has 0 nitrogen and oxygen atoms in total. The van der Waals surface area contributed by atoms with Crippen molar-refractivity contribution in [3.63, 3.8) is 0 Å². The normalized spacial score (nSPS) is 9.40. The van der Waals surface area contributed by atoms with Gasteiger partial charge in [0.2, 0.25) is 0 Å². The third kappa shape index (κ3) is 4.86. The van der Waals surface area contributed by atoms with E-state index < -0.39 is 0 Å². The maximum Gasteiger partial charge on any atom is 4.00 e. The van der Waals surface area contributed by atoms with E-state index in [2.05, 4.69) is 70.2 Å². The Balaban J connectivity index is -0.000000722. The fraction of sp³-hybridized carbons (Fsp3) is 0.312. The summed E-state index contributed by atoms with van der Waals surface area (Å²) in [6, 6.07) is 15.2. The van der Waals surface area contributed by atoms with Crippen LogP contribution in [-0.2, 0) is 27.1 Å². The molecule has 0 aliphatic rings. The predicted octanol–water partition coefficient (Wildman–Crippen LogP) is -4.64. The van der Waals surface area contributed by atoms with E-state index in [1.807, 2.05) is 0 Å². The standard InChI is InChI=1S/C16H19.3ClH.Ti/c1-12-8-7-9-13(2)15(12)16(3,4)14-10-5-6-11-14;;;;/h5-11H,1-4H3;3*1H;/q-1;;;;+4/p-3. The molecule has 0 atom stereocenters. The summed E-state index contributed by atoms with van der Waals surface area (Å²) in [5.41, 5.74) is 5.71. The number of hydrogen-bond acceptors (Lipinski definition) is 0. The van der Waals surface area contributed by atoms with Gasteiger partial charge in [0.25, 0.3) is 0 Å². The Kier molecular flexibility index (Phi) is 12.5. The second-order valence-electron chi connectivity index (χ2n) is 5.07. The van der Waals surface area contributed by atoms with Crippen molar-refractivity contribution in [3.8, 4) is 0 Å².